The molecule has 0 spiro atoms. The Morgan fingerprint density at radius 2 is 1.74 bits per heavy atom. The van der Waals surface area contributed by atoms with Gasteiger partial charge in [-0.1, -0.05) is 36.4 Å². The second kappa shape index (κ2) is 7.40. The van der Waals surface area contributed by atoms with Crippen molar-refractivity contribution in [2.45, 2.75) is 19.4 Å². The maximum atomic E-state index is 13.6. The third-order valence-electron chi connectivity index (χ3n) is 6.09. The fourth-order valence-electron chi connectivity index (χ4n) is 4.55. The van der Waals surface area contributed by atoms with Crippen LogP contribution in [-0.2, 0) is 6.42 Å². The van der Waals surface area contributed by atoms with E-state index in [2.05, 4.69) is 11.1 Å². The standard InChI is InChI=1S/C25H21N3O3/c1-16-6-2-3-7-19(16)25(29)27-15-14-21-20-8-4-5-9-22(20)26-23(21)24(27)17-10-12-18(13-11-17)28(30)31/h2-13,24,26H,14-15H2,1H3. The summed E-state index contributed by atoms with van der Waals surface area (Å²) < 4.78 is 0. The van der Waals surface area contributed by atoms with Crippen LogP contribution < -0.4 is 0 Å². The van der Waals surface area contributed by atoms with Crippen LogP contribution in [0.1, 0.15) is 38.8 Å². The number of aryl methyl sites for hydroxylation is 1. The number of aromatic amines is 1. The number of hydrogen-bond donors (Lipinski definition) is 1. The molecule has 0 fully saturated rings. The summed E-state index contributed by atoms with van der Waals surface area (Å²) in [6.07, 6.45) is 0.750. The molecule has 6 heteroatoms. The Labute approximate surface area is 179 Å². The molecule has 154 valence electrons. The summed E-state index contributed by atoms with van der Waals surface area (Å²) in [6, 6.07) is 21.9. The van der Waals surface area contributed by atoms with E-state index in [0.717, 1.165) is 34.1 Å². The number of para-hydroxylation sites is 1. The van der Waals surface area contributed by atoms with Crippen LogP contribution in [0, 0.1) is 17.0 Å². The second-order valence-electron chi connectivity index (χ2n) is 7.88. The Morgan fingerprint density at radius 1 is 1.03 bits per heavy atom. The Kier molecular flexibility index (Phi) is 4.55. The van der Waals surface area contributed by atoms with Gasteiger partial charge in [-0.15, -0.1) is 0 Å². The highest BCUT2D eigenvalue weighted by Crippen LogP contribution is 2.39. The number of rotatable bonds is 3. The lowest BCUT2D eigenvalue weighted by molar-refractivity contribution is -0.384. The molecular formula is C25H21N3O3. The Bertz CT molecular complexity index is 1310. The number of nitrogens with one attached hydrogen (secondary N) is 1. The molecule has 1 aliphatic rings. The number of nitro benzene ring substituents is 1. The molecule has 1 amide bonds. The maximum absolute atomic E-state index is 13.6. The molecule has 5 rings (SSSR count). The number of amides is 1. The number of H-pyrrole nitrogens is 1. The minimum absolute atomic E-state index is 0.0354. The summed E-state index contributed by atoms with van der Waals surface area (Å²) in [5.41, 5.74) is 5.69. The van der Waals surface area contributed by atoms with Crippen molar-refractivity contribution >= 4 is 22.5 Å². The van der Waals surface area contributed by atoms with Gasteiger partial charge < -0.3 is 9.88 Å². The molecule has 0 saturated carbocycles. The van der Waals surface area contributed by atoms with Crippen molar-refractivity contribution in [1.29, 1.82) is 0 Å². The summed E-state index contributed by atoms with van der Waals surface area (Å²) in [5, 5.41) is 12.3. The summed E-state index contributed by atoms with van der Waals surface area (Å²) in [7, 11) is 0. The monoisotopic (exact) mass is 411 g/mol. The van der Waals surface area contributed by atoms with E-state index < -0.39 is 4.92 Å². The van der Waals surface area contributed by atoms with Crippen LogP contribution >= 0.6 is 0 Å². The topological polar surface area (TPSA) is 79.2 Å². The summed E-state index contributed by atoms with van der Waals surface area (Å²) in [4.78, 5) is 29.7. The zero-order valence-corrected chi connectivity index (χ0v) is 17.0. The van der Waals surface area contributed by atoms with Gasteiger partial charge in [0, 0.05) is 40.8 Å². The number of benzene rings is 3. The van der Waals surface area contributed by atoms with Crippen molar-refractivity contribution in [3.63, 3.8) is 0 Å². The van der Waals surface area contributed by atoms with Crippen LogP contribution in [0.3, 0.4) is 0 Å². The first kappa shape index (κ1) is 19.1. The molecule has 0 bridgehead atoms. The normalized spacial score (nSPS) is 15.6. The molecule has 1 unspecified atom stereocenters. The van der Waals surface area contributed by atoms with Gasteiger partial charge >= 0.3 is 0 Å². The molecule has 31 heavy (non-hydrogen) atoms. The third kappa shape index (κ3) is 3.17. The summed E-state index contributed by atoms with van der Waals surface area (Å²) >= 11 is 0. The Balaban J connectivity index is 1.66. The summed E-state index contributed by atoms with van der Waals surface area (Å²) in [5.74, 6) is -0.0363. The molecule has 1 atom stereocenters. The van der Waals surface area contributed by atoms with Crippen molar-refractivity contribution in [1.82, 2.24) is 9.88 Å². The number of carbonyl (C=O) groups excluding carboxylic acids is 1. The predicted molar refractivity (Wildman–Crippen MR) is 119 cm³/mol. The zero-order chi connectivity index (χ0) is 21.5. The average Bonchev–Trinajstić information content (AvgIpc) is 3.17. The molecule has 6 nitrogen and oxygen atoms in total. The van der Waals surface area contributed by atoms with Gasteiger partial charge in [0.25, 0.3) is 11.6 Å². The second-order valence-corrected chi connectivity index (χ2v) is 7.88. The number of fused-ring (bicyclic) bond motifs is 3. The van der Waals surface area contributed by atoms with Crippen molar-refractivity contribution in [3.05, 3.63) is 111 Å². The average molecular weight is 411 g/mol. The largest absolute Gasteiger partial charge is 0.356 e. The number of hydrogen-bond acceptors (Lipinski definition) is 3. The van der Waals surface area contributed by atoms with E-state index in [9.17, 15) is 14.9 Å². The lowest BCUT2D eigenvalue weighted by atomic mass is 9.91. The van der Waals surface area contributed by atoms with Gasteiger partial charge in [-0.25, -0.2) is 0 Å². The van der Waals surface area contributed by atoms with Gasteiger partial charge in [-0.3, -0.25) is 14.9 Å². The van der Waals surface area contributed by atoms with Gasteiger partial charge in [-0.2, -0.15) is 0 Å². The first-order valence-electron chi connectivity index (χ1n) is 10.2. The van der Waals surface area contributed by atoms with Crippen LogP contribution in [0.15, 0.2) is 72.8 Å². The zero-order valence-electron chi connectivity index (χ0n) is 17.0. The van der Waals surface area contributed by atoms with Crippen molar-refractivity contribution < 1.29 is 9.72 Å². The van der Waals surface area contributed by atoms with E-state index in [4.69, 9.17) is 0 Å². The van der Waals surface area contributed by atoms with Crippen LogP contribution in [0.4, 0.5) is 5.69 Å². The number of nitrogens with zero attached hydrogens (tertiary/aromatic N) is 2. The molecule has 1 N–H and O–H groups in total. The molecule has 3 aromatic carbocycles. The molecule has 0 saturated heterocycles. The van der Waals surface area contributed by atoms with E-state index in [1.807, 2.05) is 54.3 Å². The van der Waals surface area contributed by atoms with Crippen molar-refractivity contribution in [2.75, 3.05) is 6.54 Å². The van der Waals surface area contributed by atoms with Gasteiger partial charge in [0.15, 0.2) is 0 Å². The third-order valence-corrected chi connectivity index (χ3v) is 6.09. The first-order chi connectivity index (χ1) is 15.0. The Morgan fingerprint density at radius 3 is 2.48 bits per heavy atom. The highest BCUT2D eigenvalue weighted by atomic mass is 16.6. The SMILES string of the molecule is Cc1ccccc1C(=O)N1CCc2c([nH]c3ccccc23)C1c1ccc([N+](=O)[O-])cc1. The maximum Gasteiger partial charge on any atom is 0.269 e. The molecule has 0 aliphatic carbocycles. The van der Waals surface area contributed by atoms with E-state index in [0.29, 0.717) is 12.1 Å². The van der Waals surface area contributed by atoms with Crippen molar-refractivity contribution in [2.24, 2.45) is 0 Å². The van der Waals surface area contributed by atoms with Crippen LogP contribution in [0.25, 0.3) is 10.9 Å². The first-order valence-corrected chi connectivity index (χ1v) is 10.2. The van der Waals surface area contributed by atoms with Gasteiger partial charge in [-0.05, 0) is 54.3 Å². The molecule has 2 heterocycles. The van der Waals surface area contributed by atoms with Crippen LogP contribution in [0.2, 0.25) is 0 Å². The number of aromatic nitrogens is 1. The minimum atomic E-state index is -0.407. The lowest BCUT2D eigenvalue weighted by Crippen LogP contribution is -2.40. The van der Waals surface area contributed by atoms with Gasteiger partial charge in [0.05, 0.1) is 11.0 Å². The number of nitro groups is 1. The van der Waals surface area contributed by atoms with E-state index in [1.54, 1.807) is 12.1 Å². The van der Waals surface area contributed by atoms with Gasteiger partial charge in [0.1, 0.15) is 0 Å². The van der Waals surface area contributed by atoms with E-state index >= 15 is 0 Å². The fourth-order valence-corrected chi connectivity index (χ4v) is 4.55. The van der Waals surface area contributed by atoms with E-state index in [1.165, 1.54) is 17.7 Å². The molecule has 1 aliphatic heterocycles. The van der Waals surface area contributed by atoms with Crippen molar-refractivity contribution in [3.8, 4) is 0 Å². The quantitative estimate of drug-likeness (QED) is 0.373. The number of carbonyl (C=O) groups is 1. The predicted octanol–water partition coefficient (Wildman–Crippen LogP) is 5.17. The molecular weight excluding hydrogens is 390 g/mol. The fraction of sp³-hybridized carbons (Fsp3) is 0.160. The highest BCUT2D eigenvalue weighted by molar-refractivity contribution is 5.97. The molecule has 0 radical (unpaired) electrons. The number of non-ortho nitro benzene ring substituents is 1. The lowest BCUT2D eigenvalue weighted by Gasteiger charge is -2.36. The smallest absolute Gasteiger partial charge is 0.269 e. The molecule has 4 aromatic rings. The van der Waals surface area contributed by atoms with E-state index in [-0.39, 0.29) is 17.6 Å². The summed E-state index contributed by atoms with van der Waals surface area (Å²) in [6.45, 7) is 2.51. The van der Waals surface area contributed by atoms with Crippen LogP contribution in [0.5, 0.6) is 0 Å². The molecule has 1 aromatic heterocycles. The highest BCUT2D eigenvalue weighted by Gasteiger charge is 2.35. The van der Waals surface area contributed by atoms with Gasteiger partial charge in [0.2, 0.25) is 0 Å². The van der Waals surface area contributed by atoms with Crippen LogP contribution in [-0.4, -0.2) is 27.3 Å². The Hall–Kier alpha value is -3.93. The minimum Gasteiger partial charge on any atom is -0.356 e.